The second-order valence-corrected chi connectivity index (χ2v) is 4.17. The first-order valence-electron chi connectivity index (χ1n) is 5.52. The molecule has 1 saturated heterocycles. The summed E-state index contributed by atoms with van der Waals surface area (Å²) in [5.74, 6) is -0.348. The van der Waals surface area contributed by atoms with E-state index in [-0.39, 0.29) is 17.0 Å². The molecule has 0 aliphatic carbocycles. The van der Waals surface area contributed by atoms with Crippen molar-refractivity contribution in [3.8, 4) is 0 Å². The van der Waals surface area contributed by atoms with Crippen molar-refractivity contribution in [3.63, 3.8) is 0 Å². The Morgan fingerprint density at radius 1 is 1.39 bits per heavy atom. The van der Waals surface area contributed by atoms with Crippen LogP contribution in [0, 0.1) is 0 Å². The number of carbonyl (C=O) groups is 1. The van der Waals surface area contributed by atoms with Crippen molar-refractivity contribution in [1.29, 1.82) is 0 Å². The lowest BCUT2D eigenvalue weighted by atomic mass is 10.0. The van der Waals surface area contributed by atoms with Crippen molar-refractivity contribution in [3.05, 3.63) is 29.3 Å². The fourth-order valence-electron chi connectivity index (χ4n) is 1.92. The van der Waals surface area contributed by atoms with Crippen LogP contribution in [0.5, 0.6) is 0 Å². The Labute approximate surface area is 102 Å². The molecule has 0 radical (unpaired) electrons. The van der Waals surface area contributed by atoms with E-state index >= 15 is 0 Å². The lowest BCUT2D eigenvalue weighted by molar-refractivity contribution is -0.137. The highest BCUT2D eigenvalue weighted by Crippen LogP contribution is 2.32. The summed E-state index contributed by atoms with van der Waals surface area (Å²) in [5, 5.41) is 0. The summed E-state index contributed by atoms with van der Waals surface area (Å²) in [6.45, 7) is 0.497. The fourth-order valence-corrected chi connectivity index (χ4v) is 1.92. The summed E-state index contributed by atoms with van der Waals surface area (Å²) < 4.78 is 42.5. The van der Waals surface area contributed by atoms with E-state index in [1.807, 2.05) is 0 Å². The average Bonchev–Trinajstić information content (AvgIpc) is 2.80. The molecule has 0 bridgehead atoms. The fraction of sp³-hybridized carbons (Fsp3) is 0.417. The van der Waals surface area contributed by atoms with E-state index < -0.39 is 17.8 Å². The molecule has 6 heteroatoms. The minimum Gasteiger partial charge on any atom is -0.398 e. The zero-order valence-electron chi connectivity index (χ0n) is 9.46. The SMILES string of the molecule is Nc1cc(C(F)(F)F)ccc1C(=O)C1CCCO1. The number of ether oxygens (including phenoxy) is 1. The number of nitrogen functional groups attached to an aromatic ring is 1. The predicted molar refractivity (Wildman–Crippen MR) is 59.2 cm³/mol. The van der Waals surface area contributed by atoms with Crippen LogP contribution in [0.3, 0.4) is 0 Å². The van der Waals surface area contributed by atoms with Gasteiger partial charge in [-0.15, -0.1) is 0 Å². The van der Waals surface area contributed by atoms with Crippen LogP contribution in [0.15, 0.2) is 18.2 Å². The molecule has 1 heterocycles. The molecule has 1 atom stereocenters. The van der Waals surface area contributed by atoms with E-state index in [4.69, 9.17) is 10.5 Å². The van der Waals surface area contributed by atoms with Crippen molar-refractivity contribution < 1.29 is 22.7 Å². The molecule has 3 nitrogen and oxygen atoms in total. The molecule has 18 heavy (non-hydrogen) atoms. The van der Waals surface area contributed by atoms with Gasteiger partial charge in [-0.1, -0.05) is 0 Å². The molecule has 1 aromatic rings. The standard InChI is InChI=1S/C12H12F3NO2/c13-12(14,15)7-3-4-8(9(16)6-7)11(17)10-2-1-5-18-10/h3-4,6,10H,1-2,5,16H2. The topological polar surface area (TPSA) is 52.3 Å². The Bertz CT molecular complexity index is 465. The highest BCUT2D eigenvalue weighted by atomic mass is 19.4. The number of Topliss-reactive ketones (excluding diaryl/α,β-unsaturated/α-hetero) is 1. The number of ketones is 1. The van der Waals surface area contributed by atoms with Crippen molar-refractivity contribution in [2.45, 2.75) is 25.1 Å². The first-order chi connectivity index (χ1) is 8.39. The third-order valence-corrected chi connectivity index (χ3v) is 2.87. The Hall–Kier alpha value is -1.56. The van der Waals surface area contributed by atoms with Crippen LogP contribution in [-0.4, -0.2) is 18.5 Å². The van der Waals surface area contributed by atoms with E-state index in [0.29, 0.717) is 13.0 Å². The van der Waals surface area contributed by atoms with Crippen LogP contribution in [0.4, 0.5) is 18.9 Å². The number of alkyl halides is 3. The normalized spacial score (nSPS) is 20.1. The summed E-state index contributed by atoms with van der Waals surface area (Å²) in [4.78, 5) is 11.9. The van der Waals surface area contributed by atoms with Crippen molar-refractivity contribution in [1.82, 2.24) is 0 Å². The van der Waals surface area contributed by atoms with Crippen molar-refractivity contribution in [2.75, 3.05) is 12.3 Å². The summed E-state index contributed by atoms with van der Waals surface area (Å²) in [6.07, 6.45) is -3.68. The Balaban J connectivity index is 2.27. The maximum atomic E-state index is 12.4. The number of halogens is 3. The molecule has 1 fully saturated rings. The molecule has 0 spiro atoms. The number of carbonyl (C=O) groups excluding carboxylic acids is 1. The largest absolute Gasteiger partial charge is 0.416 e. The van der Waals surface area contributed by atoms with Gasteiger partial charge in [-0.05, 0) is 31.0 Å². The first-order valence-corrected chi connectivity index (χ1v) is 5.52. The van der Waals surface area contributed by atoms with Gasteiger partial charge in [0.2, 0.25) is 0 Å². The van der Waals surface area contributed by atoms with Gasteiger partial charge < -0.3 is 10.5 Å². The minimum absolute atomic E-state index is 0.0925. The van der Waals surface area contributed by atoms with Crippen LogP contribution in [0.25, 0.3) is 0 Å². The third kappa shape index (κ3) is 2.48. The summed E-state index contributed by atoms with van der Waals surface area (Å²) >= 11 is 0. The van der Waals surface area contributed by atoms with Crippen LogP contribution in [-0.2, 0) is 10.9 Å². The predicted octanol–water partition coefficient (Wildman–Crippen LogP) is 2.65. The van der Waals surface area contributed by atoms with Gasteiger partial charge >= 0.3 is 6.18 Å². The molecule has 2 rings (SSSR count). The highest BCUT2D eigenvalue weighted by Gasteiger charge is 2.32. The number of hydrogen-bond acceptors (Lipinski definition) is 3. The molecule has 0 amide bonds. The highest BCUT2D eigenvalue weighted by molar-refractivity contribution is 6.03. The van der Waals surface area contributed by atoms with Gasteiger partial charge in [0.1, 0.15) is 6.10 Å². The van der Waals surface area contributed by atoms with E-state index in [1.54, 1.807) is 0 Å². The molecule has 2 N–H and O–H groups in total. The second-order valence-electron chi connectivity index (χ2n) is 4.17. The van der Waals surface area contributed by atoms with Crippen LogP contribution in [0.1, 0.15) is 28.8 Å². The van der Waals surface area contributed by atoms with Crippen molar-refractivity contribution in [2.24, 2.45) is 0 Å². The number of rotatable bonds is 2. The van der Waals surface area contributed by atoms with Crippen molar-refractivity contribution >= 4 is 11.5 Å². The molecular formula is C12H12F3NO2. The lowest BCUT2D eigenvalue weighted by Crippen LogP contribution is -2.21. The maximum Gasteiger partial charge on any atom is 0.416 e. The Kier molecular flexibility index (Phi) is 3.30. The molecule has 1 aromatic carbocycles. The monoisotopic (exact) mass is 259 g/mol. The Morgan fingerprint density at radius 2 is 2.11 bits per heavy atom. The minimum atomic E-state index is -4.46. The van der Waals surface area contributed by atoms with E-state index in [9.17, 15) is 18.0 Å². The number of hydrogen-bond donors (Lipinski definition) is 1. The van der Waals surface area contributed by atoms with E-state index in [2.05, 4.69) is 0 Å². The van der Waals surface area contributed by atoms with Gasteiger partial charge in [-0.25, -0.2) is 0 Å². The van der Waals surface area contributed by atoms with Crippen LogP contribution in [0.2, 0.25) is 0 Å². The van der Waals surface area contributed by atoms with Gasteiger partial charge in [0.25, 0.3) is 0 Å². The lowest BCUT2D eigenvalue weighted by Gasteiger charge is -2.12. The number of benzene rings is 1. The summed E-state index contributed by atoms with van der Waals surface area (Å²) in [7, 11) is 0. The molecule has 1 aliphatic rings. The Morgan fingerprint density at radius 3 is 2.61 bits per heavy atom. The average molecular weight is 259 g/mol. The molecular weight excluding hydrogens is 247 g/mol. The van der Waals surface area contributed by atoms with Gasteiger partial charge in [0.15, 0.2) is 5.78 Å². The van der Waals surface area contributed by atoms with Gasteiger partial charge in [-0.3, -0.25) is 4.79 Å². The van der Waals surface area contributed by atoms with E-state index in [0.717, 1.165) is 24.6 Å². The van der Waals surface area contributed by atoms with Crippen LogP contribution < -0.4 is 5.73 Å². The smallest absolute Gasteiger partial charge is 0.398 e. The molecule has 0 aromatic heterocycles. The zero-order chi connectivity index (χ0) is 13.3. The first kappa shape index (κ1) is 12.9. The van der Waals surface area contributed by atoms with Gasteiger partial charge in [-0.2, -0.15) is 13.2 Å². The zero-order valence-corrected chi connectivity index (χ0v) is 9.46. The van der Waals surface area contributed by atoms with Crippen LogP contribution >= 0.6 is 0 Å². The quantitative estimate of drug-likeness (QED) is 0.656. The number of anilines is 1. The van der Waals surface area contributed by atoms with E-state index in [1.165, 1.54) is 0 Å². The summed E-state index contributed by atoms with van der Waals surface area (Å²) in [5.41, 5.74) is 4.58. The van der Waals surface area contributed by atoms with Gasteiger partial charge in [0.05, 0.1) is 5.56 Å². The number of nitrogens with two attached hydrogens (primary N) is 1. The molecule has 1 aliphatic heterocycles. The second kappa shape index (κ2) is 4.61. The molecule has 0 saturated carbocycles. The molecule has 98 valence electrons. The molecule has 1 unspecified atom stereocenters. The third-order valence-electron chi connectivity index (χ3n) is 2.87. The maximum absolute atomic E-state index is 12.4. The summed E-state index contributed by atoms with van der Waals surface area (Å²) in [6, 6.07) is 2.75. The van der Waals surface area contributed by atoms with Gasteiger partial charge in [0, 0.05) is 17.9 Å².